The smallest absolute Gasteiger partial charge is 0.410 e. The maximum atomic E-state index is 12.0. The monoisotopic (exact) mass is 260 g/mol. The first kappa shape index (κ1) is 13.5. The van der Waals surface area contributed by atoms with Gasteiger partial charge in [0, 0.05) is 18.8 Å². The number of carbonyl (C=O) groups excluding carboxylic acids is 1. The number of amides is 1. The molecule has 4 heteroatoms. The van der Waals surface area contributed by atoms with Gasteiger partial charge in [-0.1, -0.05) is 18.2 Å². The lowest BCUT2D eigenvalue weighted by Gasteiger charge is -2.24. The highest BCUT2D eigenvalue weighted by Crippen LogP contribution is 2.23. The van der Waals surface area contributed by atoms with Gasteiger partial charge in [-0.25, -0.2) is 4.79 Å². The third-order valence-electron chi connectivity index (χ3n) is 2.83. The van der Waals surface area contributed by atoms with E-state index in [0.717, 1.165) is 16.8 Å². The van der Waals surface area contributed by atoms with Crippen molar-refractivity contribution in [2.24, 2.45) is 0 Å². The molecule has 1 aliphatic rings. The lowest BCUT2D eigenvalue weighted by atomic mass is 10.1. The molecule has 102 valence electrons. The molecule has 0 aromatic heterocycles. The lowest BCUT2D eigenvalue weighted by Crippen LogP contribution is -2.35. The van der Waals surface area contributed by atoms with E-state index in [1.165, 1.54) is 0 Å². The number of nitrogens with two attached hydrogens (primary N) is 1. The van der Waals surface area contributed by atoms with Crippen molar-refractivity contribution in [3.63, 3.8) is 0 Å². The first-order valence-corrected chi connectivity index (χ1v) is 6.38. The van der Waals surface area contributed by atoms with Crippen LogP contribution in [0.2, 0.25) is 0 Å². The van der Waals surface area contributed by atoms with Gasteiger partial charge in [-0.2, -0.15) is 0 Å². The van der Waals surface area contributed by atoms with Crippen molar-refractivity contribution in [3.8, 4) is 0 Å². The van der Waals surface area contributed by atoms with E-state index in [-0.39, 0.29) is 6.09 Å². The van der Waals surface area contributed by atoms with Crippen LogP contribution in [-0.4, -0.2) is 29.7 Å². The minimum absolute atomic E-state index is 0.275. The third kappa shape index (κ3) is 3.50. The van der Waals surface area contributed by atoms with Crippen LogP contribution in [0.4, 0.5) is 10.5 Å². The fourth-order valence-electron chi connectivity index (χ4n) is 1.97. The molecule has 2 rings (SSSR count). The van der Waals surface area contributed by atoms with Crippen LogP contribution in [0, 0.1) is 0 Å². The molecule has 19 heavy (non-hydrogen) atoms. The number of nitrogen functional groups attached to an aromatic ring is 1. The Morgan fingerprint density at radius 1 is 1.37 bits per heavy atom. The van der Waals surface area contributed by atoms with E-state index in [2.05, 4.69) is 0 Å². The molecular weight excluding hydrogens is 240 g/mol. The van der Waals surface area contributed by atoms with E-state index in [9.17, 15) is 4.79 Å². The first-order valence-electron chi connectivity index (χ1n) is 6.38. The molecule has 0 atom stereocenters. The molecule has 0 bridgehead atoms. The zero-order valence-corrected chi connectivity index (χ0v) is 11.6. The van der Waals surface area contributed by atoms with E-state index in [0.29, 0.717) is 13.1 Å². The predicted molar refractivity (Wildman–Crippen MR) is 76.6 cm³/mol. The lowest BCUT2D eigenvalue weighted by molar-refractivity contribution is 0.0306. The van der Waals surface area contributed by atoms with Gasteiger partial charge >= 0.3 is 6.09 Å². The van der Waals surface area contributed by atoms with Crippen molar-refractivity contribution in [3.05, 3.63) is 35.9 Å². The Morgan fingerprint density at radius 3 is 2.74 bits per heavy atom. The van der Waals surface area contributed by atoms with Gasteiger partial charge in [-0.15, -0.1) is 0 Å². The van der Waals surface area contributed by atoms with Crippen LogP contribution in [0.25, 0.3) is 5.57 Å². The normalized spacial score (nSPS) is 15.3. The van der Waals surface area contributed by atoms with Gasteiger partial charge in [-0.05, 0) is 44.0 Å². The second kappa shape index (κ2) is 4.96. The van der Waals surface area contributed by atoms with Crippen LogP contribution in [0.15, 0.2) is 30.3 Å². The summed E-state index contributed by atoms with van der Waals surface area (Å²) in [7, 11) is 0. The molecular formula is C15H20N2O2. The largest absolute Gasteiger partial charge is 0.444 e. The van der Waals surface area contributed by atoms with Crippen molar-refractivity contribution in [1.82, 2.24) is 4.90 Å². The van der Waals surface area contributed by atoms with E-state index in [1.807, 2.05) is 51.1 Å². The summed E-state index contributed by atoms with van der Waals surface area (Å²) in [6.07, 6.45) is 1.77. The zero-order chi connectivity index (χ0) is 14.0. The van der Waals surface area contributed by atoms with Crippen LogP contribution in [0.1, 0.15) is 26.3 Å². The third-order valence-corrected chi connectivity index (χ3v) is 2.83. The van der Waals surface area contributed by atoms with Crippen LogP contribution in [-0.2, 0) is 4.74 Å². The van der Waals surface area contributed by atoms with Crippen molar-refractivity contribution < 1.29 is 9.53 Å². The van der Waals surface area contributed by atoms with Crippen LogP contribution >= 0.6 is 0 Å². The van der Waals surface area contributed by atoms with Crippen molar-refractivity contribution in [1.29, 1.82) is 0 Å². The molecule has 0 saturated heterocycles. The summed E-state index contributed by atoms with van der Waals surface area (Å²) in [5.41, 5.74) is 8.21. The SMILES string of the molecule is CC(C)(C)OC(=O)N1CC=C(c2cccc(N)c2)C1. The maximum absolute atomic E-state index is 12.0. The molecule has 0 radical (unpaired) electrons. The second-order valence-corrected chi connectivity index (χ2v) is 5.72. The Hall–Kier alpha value is -1.97. The summed E-state index contributed by atoms with van der Waals surface area (Å²) in [4.78, 5) is 13.6. The van der Waals surface area contributed by atoms with Gasteiger partial charge in [0.2, 0.25) is 0 Å². The second-order valence-electron chi connectivity index (χ2n) is 5.72. The highest BCUT2D eigenvalue weighted by molar-refractivity contribution is 5.78. The molecule has 1 aromatic carbocycles. The van der Waals surface area contributed by atoms with Crippen LogP contribution < -0.4 is 5.73 Å². The summed E-state index contributed by atoms with van der Waals surface area (Å²) in [5.74, 6) is 0. The Morgan fingerprint density at radius 2 is 2.11 bits per heavy atom. The van der Waals surface area contributed by atoms with E-state index in [4.69, 9.17) is 10.5 Å². The van der Waals surface area contributed by atoms with E-state index >= 15 is 0 Å². The molecule has 2 N–H and O–H groups in total. The van der Waals surface area contributed by atoms with Gasteiger partial charge in [0.05, 0.1) is 0 Å². The van der Waals surface area contributed by atoms with Gasteiger partial charge in [-0.3, -0.25) is 0 Å². The van der Waals surface area contributed by atoms with Crippen LogP contribution in [0.3, 0.4) is 0 Å². The zero-order valence-electron chi connectivity index (χ0n) is 11.6. The number of ether oxygens (including phenoxy) is 1. The molecule has 4 nitrogen and oxygen atoms in total. The number of nitrogens with zero attached hydrogens (tertiary/aromatic N) is 1. The minimum Gasteiger partial charge on any atom is -0.444 e. The maximum Gasteiger partial charge on any atom is 0.410 e. The molecule has 0 fully saturated rings. The molecule has 1 heterocycles. The number of carbonyl (C=O) groups is 1. The summed E-state index contributed by atoms with van der Waals surface area (Å²) >= 11 is 0. The Labute approximate surface area is 113 Å². The number of benzene rings is 1. The van der Waals surface area contributed by atoms with Gasteiger partial charge in [0.1, 0.15) is 5.60 Å². The predicted octanol–water partition coefficient (Wildman–Crippen LogP) is 2.90. The highest BCUT2D eigenvalue weighted by Gasteiger charge is 2.25. The average Bonchev–Trinajstić information content (AvgIpc) is 2.75. The van der Waals surface area contributed by atoms with E-state index < -0.39 is 5.60 Å². The first-order chi connectivity index (χ1) is 8.85. The standard InChI is InChI=1S/C15H20N2O2/c1-15(2,3)19-14(18)17-8-7-12(10-17)11-5-4-6-13(16)9-11/h4-7,9H,8,10,16H2,1-3H3. The summed E-state index contributed by atoms with van der Waals surface area (Å²) in [6.45, 7) is 6.75. The molecule has 0 aliphatic carbocycles. The van der Waals surface area contributed by atoms with Crippen LogP contribution in [0.5, 0.6) is 0 Å². The Balaban J connectivity index is 2.01. The van der Waals surface area contributed by atoms with Crippen molar-refractivity contribution >= 4 is 17.4 Å². The molecule has 1 aliphatic heterocycles. The molecule has 0 unspecified atom stereocenters. The average molecular weight is 260 g/mol. The van der Waals surface area contributed by atoms with Crippen molar-refractivity contribution in [2.75, 3.05) is 18.8 Å². The number of hydrogen-bond acceptors (Lipinski definition) is 3. The van der Waals surface area contributed by atoms with E-state index in [1.54, 1.807) is 4.90 Å². The van der Waals surface area contributed by atoms with Gasteiger partial charge in [0.25, 0.3) is 0 Å². The van der Waals surface area contributed by atoms with Crippen molar-refractivity contribution in [2.45, 2.75) is 26.4 Å². The topological polar surface area (TPSA) is 55.6 Å². The Kier molecular flexibility index (Phi) is 3.51. The fraction of sp³-hybridized carbons (Fsp3) is 0.400. The molecule has 0 saturated carbocycles. The van der Waals surface area contributed by atoms with Gasteiger partial charge < -0.3 is 15.4 Å². The number of rotatable bonds is 1. The molecule has 1 aromatic rings. The fourth-order valence-corrected chi connectivity index (χ4v) is 1.97. The Bertz CT molecular complexity index is 515. The summed E-state index contributed by atoms with van der Waals surface area (Å²) in [5, 5.41) is 0. The molecule has 1 amide bonds. The number of hydrogen-bond donors (Lipinski definition) is 1. The summed E-state index contributed by atoms with van der Waals surface area (Å²) in [6, 6.07) is 7.69. The highest BCUT2D eigenvalue weighted by atomic mass is 16.6. The minimum atomic E-state index is -0.461. The number of anilines is 1. The molecule has 0 spiro atoms. The van der Waals surface area contributed by atoms with Gasteiger partial charge in [0.15, 0.2) is 0 Å². The summed E-state index contributed by atoms with van der Waals surface area (Å²) < 4.78 is 5.36. The quantitative estimate of drug-likeness (QED) is 0.790.